The van der Waals surface area contributed by atoms with Crippen molar-refractivity contribution in [3.8, 4) is 11.5 Å². The molecule has 0 spiro atoms. The number of ether oxygens (including phenoxy) is 2. The summed E-state index contributed by atoms with van der Waals surface area (Å²) in [4.78, 5) is 25.4. The molecule has 1 aliphatic rings. The summed E-state index contributed by atoms with van der Waals surface area (Å²) in [5, 5.41) is 8.68. The smallest absolute Gasteiger partial charge is 0.303 e. The highest BCUT2D eigenvalue weighted by Crippen LogP contribution is 2.35. The van der Waals surface area contributed by atoms with Crippen molar-refractivity contribution in [1.82, 2.24) is 4.90 Å². The molecular weight excluding hydrogens is 410 g/mol. The number of carboxylic acids is 1. The standard InChI is InChI=1S/C21H27NO5S2/c1-14(2)13-27-16-9-8-15(11-17(16)26-3)12-18-20(25)22(21(28)29-18)10-6-4-5-7-19(23)24/h8-9,11-12,14H,4-7,10,13H2,1-3H3,(H,23,24). The van der Waals surface area contributed by atoms with Gasteiger partial charge < -0.3 is 14.6 Å². The Kier molecular flexibility index (Phi) is 8.98. The summed E-state index contributed by atoms with van der Waals surface area (Å²) in [6.45, 7) is 5.26. The molecule has 0 aromatic heterocycles. The fourth-order valence-corrected chi connectivity index (χ4v) is 4.03. The molecule has 0 bridgehead atoms. The first-order chi connectivity index (χ1) is 13.8. The third-order valence-corrected chi connectivity index (χ3v) is 5.58. The number of hydrogen-bond acceptors (Lipinski definition) is 6. The molecule has 1 aromatic carbocycles. The number of amides is 1. The maximum atomic E-state index is 12.7. The number of rotatable bonds is 11. The van der Waals surface area contributed by atoms with Crippen LogP contribution in [0.5, 0.6) is 11.5 Å². The van der Waals surface area contributed by atoms with Crippen LogP contribution in [0.25, 0.3) is 6.08 Å². The molecule has 0 radical (unpaired) electrons. The van der Waals surface area contributed by atoms with Gasteiger partial charge in [-0.15, -0.1) is 0 Å². The highest BCUT2D eigenvalue weighted by atomic mass is 32.2. The Hall–Kier alpha value is -2.06. The second kappa shape index (κ2) is 11.2. The van der Waals surface area contributed by atoms with E-state index in [0.29, 0.717) is 46.2 Å². The zero-order chi connectivity index (χ0) is 21.4. The Morgan fingerprint density at radius 2 is 2.03 bits per heavy atom. The fraction of sp³-hybridized carbons (Fsp3) is 0.476. The average molecular weight is 438 g/mol. The van der Waals surface area contributed by atoms with Gasteiger partial charge in [0.25, 0.3) is 5.91 Å². The van der Waals surface area contributed by atoms with E-state index < -0.39 is 5.97 Å². The Bertz CT molecular complexity index is 791. The maximum absolute atomic E-state index is 12.7. The summed E-state index contributed by atoms with van der Waals surface area (Å²) in [6, 6.07) is 5.57. The van der Waals surface area contributed by atoms with E-state index >= 15 is 0 Å². The van der Waals surface area contributed by atoms with Crippen LogP contribution >= 0.6 is 24.0 Å². The Morgan fingerprint density at radius 3 is 2.69 bits per heavy atom. The lowest BCUT2D eigenvalue weighted by atomic mass is 10.1. The first-order valence-corrected chi connectivity index (χ1v) is 10.8. The summed E-state index contributed by atoms with van der Waals surface area (Å²) in [5.41, 5.74) is 0.834. The number of carbonyl (C=O) groups excluding carboxylic acids is 1. The van der Waals surface area contributed by atoms with Crippen molar-refractivity contribution in [3.63, 3.8) is 0 Å². The molecule has 0 aliphatic carbocycles. The van der Waals surface area contributed by atoms with Gasteiger partial charge in [-0.2, -0.15) is 0 Å². The molecule has 6 nitrogen and oxygen atoms in total. The second-order valence-electron chi connectivity index (χ2n) is 7.15. The van der Waals surface area contributed by atoms with E-state index in [0.717, 1.165) is 18.4 Å². The number of carbonyl (C=O) groups is 2. The number of benzene rings is 1. The Balaban J connectivity index is 2.01. The maximum Gasteiger partial charge on any atom is 0.303 e. The molecule has 1 saturated heterocycles. The van der Waals surface area contributed by atoms with Gasteiger partial charge in [0.2, 0.25) is 0 Å². The Morgan fingerprint density at radius 1 is 1.28 bits per heavy atom. The molecule has 29 heavy (non-hydrogen) atoms. The fourth-order valence-electron chi connectivity index (χ4n) is 2.72. The normalized spacial score (nSPS) is 15.4. The van der Waals surface area contributed by atoms with E-state index in [1.165, 1.54) is 11.8 Å². The number of carboxylic acid groups (broad SMARTS) is 1. The molecule has 0 atom stereocenters. The molecule has 0 saturated carbocycles. The Labute approximate surface area is 181 Å². The van der Waals surface area contributed by atoms with Crippen molar-refractivity contribution in [2.45, 2.75) is 39.5 Å². The van der Waals surface area contributed by atoms with Crippen molar-refractivity contribution in [1.29, 1.82) is 0 Å². The van der Waals surface area contributed by atoms with Crippen molar-refractivity contribution in [2.75, 3.05) is 20.3 Å². The van der Waals surface area contributed by atoms with Crippen LogP contribution in [0, 0.1) is 5.92 Å². The molecule has 1 amide bonds. The minimum Gasteiger partial charge on any atom is -0.493 e. The van der Waals surface area contributed by atoms with E-state index in [1.54, 1.807) is 18.1 Å². The monoisotopic (exact) mass is 437 g/mol. The predicted octanol–water partition coefficient (Wildman–Crippen LogP) is 4.58. The van der Waals surface area contributed by atoms with E-state index in [9.17, 15) is 9.59 Å². The lowest BCUT2D eigenvalue weighted by molar-refractivity contribution is -0.137. The first-order valence-electron chi connectivity index (χ1n) is 9.59. The van der Waals surface area contributed by atoms with E-state index in [1.807, 2.05) is 18.2 Å². The molecule has 8 heteroatoms. The number of hydrogen-bond donors (Lipinski definition) is 1. The second-order valence-corrected chi connectivity index (χ2v) is 8.83. The van der Waals surface area contributed by atoms with Gasteiger partial charge in [-0.1, -0.05) is 50.3 Å². The van der Waals surface area contributed by atoms with Gasteiger partial charge >= 0.3 is 5.97 Å². The average Bonchev–Trinajstić information content (AvgIpc) is 2.93. The SMILES string of the molecule is COc1cc(C=C2SC(=S)N(CCCCCC(=O)O)C2=O)ccc1OCC(C)C. The lowest BCUT2D eigenvalue weighted by Crippen LogP contribution is -2.29. The summed E-state index contributed by atoms with van der Waals surface area (Å²) in [7, 11) is 1.59. The summed E-state index contributed by atoms with van der Waals surface area (Å²) < 4.78 is 11.7. The van der Waals surface area contributed by atoms with Gasteiger partial charge in [-0.25, -0.2) is 0 Å². The summed E-state index contributed by atoms with van der Waals surface area (Å²) in [5.74, 6) is 0.789. The number of nitrogens with zero attached hydrogens (tertiary/aromatic N) is 1. The topological polar surface area (TPSA) is 76.1 Å². The summed E-state index contributed by atoms with van der Waals surface area (Å²) in [6.07, 6.45) is 4.03. The van der Waals surface area contributed by atoms with Gasteiger partial charge in [0.1, 0.15) is 4.32 Å². The van der Waals surface area contributed by atoms with E-state index in [-0.39, 0.29) is 12.3 Å². The number of thioether (sulfide) groups is 1. The van der Waals surface area contributed by atoms with Gasteiger partial charge in [0.15, 0.2) is 11.5 Å². The first kappa shape index (κ1) is 23.2. The molecular formula is C21H27NO5S2. The van der Waals surface area contributed by atoms with E-state index in [2.05, 4.69) is 13.8 Å². The lowest BCUT2D eigenvalue weighted by Gasteiger charge is -2.14. The van der Waals surface area contributed by atoms with Crippen molar-refractivity contribution in [3.05, 3.63) is 28.7 Å². The highest BCUT2D eigenvalue weighted by molar-refractivity contribution is 8.26. The van der Waals surface area contributed by atoms with Gasteiger partial charge in [0, 0.05) is 13.0 Å². The van der Waals surface area contributed by atoms with Crippen LogP contribution in [0.15, 0.2) is 23.1 Å². The van der Waals surface area contributed by atoms with Crippen LogP contribution in [0.2, 0.25) is 0 Å². The molecule has 1 aliphatic heterocycles. The van der Waals surface area contributed by atoms with Crippen molar-refractivity contribution < 1.29 is 24.2 Å². The van der Waals surface area contributed by atoms with Crippen LogP contribution in [0.3, 0.4) is 0 Å². The molecule has 1 aromatic rings. The zero-order valence-corrected chi connectivity index (χ0v) is 18.6. The van der Waals surface area contributed by atoms with Gasteiger partial charge in [-0.05, 0) is 42.5 Å². The van der Waals surface area contributed by atoms with Crippen LogP contribution in [-0.2, 0) is 9.59 Å². The van der Waals surface area contributed by atoms with E-state index in [4.69, 9.17) is 26.8 Å². The number of thiocarbonyl (C=S) groups is 1. The number of methoxy groups -OCH3 is 1. The molecule has 0 unspecified atom stereocenters. The quantitative estimate of drug-likeness (QED) is 0.309. The van der Waals surface area contributed by atoms with Crippen LogP contribution in [-0.4, -0.2) is 46.5 Å². The van der Waals surface area contributed by atoms with Crippen LogP contribution in [0.4, 0.5) is 0 Å². The largest absolute Gasteiger partial charge is 0.493 e. The third kappa shape index (κ3) is 7.04. The highest BCUT2D eigenvalue weighted by Gasteiger charge is 2.31. The molecule has 1 heterocycles. The molecule has 1 N–H and O–H groups in total. The van der Waals surface area contributed by atoms with Gasteiger partial charge in [-0.3, -0.25) is 14.5 Å². The summed E-state index contributed by atoms with van der Waals surface area (Å²) >= 11 is 6.63. The molecule has 2 rings (SSSR count). The van der Waals surface area contributed by atoms with Crippen LogP contribution < -0.4 is 9.47 Å². The van der Waals surface area contributed by atoms with Crippen LogP contribution in [0.1, 0.15) is 45.1 Å². The van der Waals surface area contributed by atoms with Gasteiger partial charge in [0.05, 0.1) is 18.6 Å². The number of unbranched alkanes of at least 4 members (excludes halogenated alkanes) is 2. The number of aliphatic carboxylic acids is 1. The predicted molar refractivity (Wildman–Crippen MR) is 119 cm³/mol. The third-order valence-electron chi connectivity index (χ3n) is 4.20. The molecule has 158 valence electrons. The van der Waals surface area contributed by atoms with Crippen molar-refractivity contribution >= 4 is 46.3 Å². The minimum atomic E-state index is -0.797. The minimum absolute atomic E-state index is 0.114. The molecule has 1 fully saturated rings. The zero-order valence-electron chi connectivity index (χ0n) is 17.0. The van der Waals surface area contributed by atoms with Crippen molar-refractivity contribution in [2.24, 2.45) is 5.92 Å².